The summed E-state index contributed by atoms with van der Waals surface area (Å²) in [4.78, 5) is 34.8. The largest absolute Gasteiger partial charge is 0.465 e. The average molecular weight is 382 g/mol. The number of esters is 2. The Bertz CT molecular complexity index is 739. The molecule has 0 spiro atoms. The summed E-state index contributed by atoms with van der Waals surface area (Å²) in [6, 6.07) is 9.15. The Balaban J connectivity index is 1.90. The molecule has 0 aliphatic carbocycles. The third-order valence-corrected chi connectivity index (χ3v) is 3.10. The summed E-state index contributed by atoms with van der Waals surface area (Å²) in [6.45, 7) is -0.487. The first-order chi connectivity index (χ1) is 11.0. The van der Waals surface area contributed by atoms with E-state index in [1.54, 1.807) is 18.2 Å². The predicted octanol–water partition coefficient (Wildman–Crippen LogP) is 2.62. The minimum absolute atomic E-state index is 0.0163. The molecule has 8 heteroatoms. The van der Waals surface area contributed by atoms with E-state index in [4.69, 9.17) is 9.15 Å². The Morgan fingerprint density at radius 1 is 1.17 bits per heavy atom. The van der Waals surface area contributed by atoms with Gasteiger partial charge in [0.2, 0.25) is 5.76 Å². The Hall–Kier alpha value is -2.61. The maximum absolute atomic E-state index is 11.8. The van der Waals surface area contributed by atoms with Crippen LogP contribution in [0.3, 0.4) is 0 Å². The lowest BCUT2D eigenvalue weighted by Gasteiger charge is -2.07. The van der Waals surface area contributed by atoms with Crippen molar-refractivity contribution in [3.63, 3.8) is 0 Å². The highest BCUT2D eigenvalue weighted by Gasteiger charge is 2.14. The van der Waals surface area contributed by atoms with Gasteiger partial charge in [-0.15, -0.1) is 0 Å². The molecule has 23 heavy (non-hydrogen) atoms. The summed E-state index contributed by atoms with van der Waals surface area (Å²) >= 11 is 3.06. The molecule has 0 unspecified atom stereocenters. The van der Waals surface area contributed by atoms with Crippen LogP contribution in [0.25, 0.3) is 0 Å². The van der Waals surface area contributed by atoms with Gasteiger partial charge < -0.3 is 19.2 Å². The molecule has 1 amide bonds. The minimum atomic E-state index is -0.755. The molecule has 1 N–H and O–H groups in total. The van der Waals surface area contributed by atoms with Gasteiger partial charge in [-0.3, -0.25) is 4.79 Å². The Morgan fingerprint density at radius 3 is 2.61 bits per heavy atom. The third-order valence-electron chi connectivity index (χ3n) is 2.68. The molecule has 1 aromatic carbocycles. The van der Waals surface area contributed by atoms with Crippen LogP contribution in [-0.4, -0.2) is 31.6 Å². The van der Waals surface area contributed by atoms with Gasteiger partial charge in [-0.2, -0.15) is 0 Å². The number of rotatable bonds is 5. The van der Waals surface area contributed by atoms with Crippen molar-refractivity contribution in [2.24, 2.45) is 0 Å². The molecule has 1 aromatic heterocycles. The second kappa shape index (κ2) is 7.59. The number of furan rings is 1. The monoisotopic (exact) mass is 381 g/mol. The zero-order valence-electron chi connectivity index (χ0n) is 12.0. The van der Waals surface area contributed by atoms with Gasteiger partial charge in [-0.1, -0.05) is 6.07 Å². The molecular weight excluding hydrogens is 370 g/mol. The fraction of sp³-hybridized carbons (Fsp3) is 0.133. The Kier molecular flexibility index (Phi) is 5.53. The number of benzene rings is 1. The molecule has 2 aromatic rings. The molecule has 0 bridgehead atoms. The van der Waals surface area contributed by atoms with E-state index in [2.05, 4.69) is 26.0 Å². The van der Waals surface area contributed by atoms with Gasteiger partial charge in [-0.05, 0) is 46.3 Å². The maximum Gasteiger partial charge on any atom is 0.374 e. The van der Waals surface area contributed by atoms with Gasteiger partial charge in [-0.25, -0.2) is 9.59 Å². The van der Waals surface area contributed by atoms with E-state index in [9.17, 15) is 14.4 Å². The first-order valence-corrected chi connectivity index (χ1v) is 7.19. The molecule has 120 valence electrons. The lowest BCUT2D eigenvalue weighted by molar-refractivity contribution is -0.119. The number of nitrogens with one attached hydrogen (secondary N) is 1. The van der Waals surface area contributed by atoms with E-state index in [0.717, 1.165) is 0 Å². The zero-order valence-corrected chi connectivity index (χ0v) is 13.6. The summed E-state index contributed by atoms with van der Waals surface area (Å²) < 4.78 is 14.8. The number of methoxy groups -OCH3 is 1. The topological polar surface area (TPSA) is 94.8 Å². The van der Waals surface area contributed by atoms with Crippen molar-refractivity contribution in [1.29, 1.82) is 0 Å². The van der Waals surface area contributed by atoms with Crippen molar-refractivity contribution >= 4 is 39.5 Å². The molecule has 1 heterocycles. The molecule has 0 radical (unpaired) electrons. The molecule has 7 nitrogen and oxygen atoms in total. The maximum atomic E-state index is 11.8. The van der Waals surface area contributed by atoms with Gasteiger partial charge in [0.25, 0.3) is 5.91 Å². The SMILES string of the molecule is COC(=O)c1cccc(NC(=O)COC(=O)c2ccc(Br)o2)c1. The highest BCUT2D eigenvalue weighted by atomic mass is 79.9. The second-order valence-corrected chi connectivity index (χ2v) is 5.08. The van der Waals surface area contributed by atoms with Crippen molar-refractivity contribution in [1.82, 2.24) is 0 Å². The molecule has 2 rings (SSSR count). The van der Waals surface area contributed by atoms with Crippen molar-refractivity contribution in [2.45, 2.75) is 0 Å². The van der Waals surface area contributed by atoms with Gasteiger partial charge in [0, 0.05) is 5.69 Å². The summed E-state index contributed by atoms with van der Waals surface area (Å²) in [5, 5.41) is 2.51. The molecule has 0 aliphatic heterocycles. The van der Waals surface area contributed by atoms with Crippen molar-refractivity contribution < 1.29 is 28.3 Å². The highest BCUT2D eigenvalue weighted by molar-refractivity contribution is 9.10. The molecule has 0 fully saturated rings. The fourth-order valence-electron chi connectivity index (χ4n) is 1.67. The van der Waals surface area contributed by atoms with E-state index in [-0.39, 0.29) is 5.76 Å². The number of anilines is 1. The van der Waals surface area contributed by atoms with E-state index in [1.165, 1.54) is 25.3 Å². The number of carbonyl (C=O) groups is 3. The van der Waals surface area contributed by atoms with Crippen LogP contribution < -0.4 is 5.32 Å². The van der Waals surface area contributed by atoms with Crippen LogP contribution in [0.4, 0.5) is 5.69 Å². The summed E-state index contributed by atoms with van der Waals surface area (Å²) in [5.41, 5.74) is 0.678. The summed E-state index contributed by atoms with van der Waals surface area (Å²) in [6.07, 6.45) is 0. The van der Waals surface area contributed by atoms with Gasteiger partial charge in [0.1, 0.15) is 0 Å². The van der Waals surface area contributed by atoms with E-state index < -0.39 is 24.5 Å². The molecule has 0 saturated heterocycles. The first kappa shape index (κ1) is 16.8. The van der Waals surface area contributed by atoms with Crippen LogP contribution >= 0.6 is 15.9 Å². The number of carbonyl (C=O) groups excluding carboxylic acids is 3. The number of halogens is 1. The van der Waals surface area contributed by atoms with E-state index in [1.807, 2.05) is 0 Å². The van der Waals surface area contributed by atoms with E-state index >= 15 is 0 Å². The van der Waals surface area contributed by atoms with Gasteiger partial charge >= 0.3 is 11.9 Å². The van der Waals surface area contributed by atoms with Crippen molar-refractivity contribution in [3.05, 3.63) is 52.4 Å². The van der Waals surface area contributed by atoms with Crippen molar-refractivity contribution in [3.8, 4) is 0 Å². The zero-order chi connectivity index (χ0) is 16.8. The summed E-state index contributed by atoms with van der Waals surface area (Å²) in [5.74, 6) is -1.84. The van der Waals surface area contributed by atoms with Gasteiger partial charge in [0.15, 0.2) is 11.3 Å². The first-order valence-electron chi connectivity index (χ1n) is 6.40. The molecule has 0 saturated carbocycles. The molecule has 0 atom stereocenters. The number of ether oxygens (including phenoxy) is 2. The summed E-state index contributed by atoms with van der Waals surface area (Å²) in [7, 11) is 1.26. The van der Waals surface area contributed by atoms with Crippen LogP contribution in [-0.2, 0) is 14.3 Å². The fourth-order valence-corrected chi connectivity index (χ4v) is 1.97. The average Bonchev–Trinajstić information content (AvgIpc) is 2.98. The van der Waals surface area contributed by atoms with Crippen LogP contribution in [0, 0.1) is 0 Å². The predicted molar refractivity (Wildman–Crippen MR) is 83.1 cm³/mol. The molecule has 0 aliphatic rings. The van der Waals surface area contributed by atoms with Crippen LogP contribution in [0.5, 0.6) is 0 Å². The third kappa shape index (κ3) is 4.68. The van der Waals surface area contributed by atoms with Crippen molar-refractivity contribution in [2.75, 3.05) is 19.0 Å². The lowest BCUT2D eigenvalue weighted by Crippen LogP contribution is -2.21. The number of amides is 1. The van der Waals surface area contributed by atoms with Crippen LogP contribution in [0.15, 0.2) is 45.5 Å². The quantitative estimate of drug-likeness (QED) is 0.799. The smallest absolute Gasteiger partial charge is 0.374 e. The van der Waals surface area contributed by atoms with E-state index in [0.29, 0.717) is 15.9 Å². The minimum Gasteiger partial charge on any atom is -0.465 e. The molecular formula is C15H12BrNO6. The van der Waals surface area contributed by atoms with Crippen LogP contribution in [0.1, 0.15) is 20.9 Å². The number of hydrogen-bond donors (Lipinski definition) is 1. The van der Waals surface area contributed by atoms with Crippen LogP contribution in [0.2, 0.25) is 0 Å². The number of hydrogen-bond acceptors (Lipinski definition) is 6. The highest BCUT2D eigenvalue weighted by Crippen LogP contribution is 2.15. The van der Waals surface area contributed by atoms with Gasteiger partial charge in [0.05, 0.1) is 12.7 Å². The Labute approximate surface area is 139 Å². The standard InChI is InChI=1S/C15H12BrNO6/c1-21-14(19)9-3-2-4-10(7-9)17-13(18)8-22-15(20)11-5-6-12(16)23-11/h2-7H,8H2,1H3,(H,17,18). The Morgan fingerprint density at radius 2 is 1.96 bits per heavy atom. The lowest BCUT2D eigenvalue weighted by atomic mass is 10.2. The normalized spacial score (nSPS) is 10.0. The second-order valence-electron chi connectivity index (χ2n) is 4.30.